The van der Waals surface area contributed by atoms with Crippen molar-refractivity contribution in [2.75, 3.05) is 0 Å². The Hall–Kier alpha value is -1.43. The smallest absolute Gasteiger partial charge is 0.212 e. The first-order valence-corrected chi connectivity index (χ1v) is 12.7. The Bertz CT molecular complexity index is 766. The molecule has 0 fully saturated rings. The lowest BCUT2D eigenvalue weighted by Gasteiger charge is -2.36. The van der Waals surface area contributed by atoms with Crippen LogP contribution >= 0.6 is 0 Å². The zero-order valence-electron chi connectivity index (χ0n) is 15.1. The maximum Gasteiger partial charge on any atom is 0.216 e. The second-order valence-corrected chi connectivity index (χ2v) is 14.7. The van der Waals surface area contributed by atoms with E-state index in [2.05, 4.69) is 29.9 Å². The maximum absolute atomic E-state index is 12.8. The normalized spacial score (nSPS) is 14.4. The van der Waals surface area contributed by atoms with E-state index in [0.717, 1.165) is 5.56 Å². The predicted octanol–water partition coefficient (Wildman–Crippen LogP) is 3.60. The molecular weight excluding hydrogens is 334 g/mol. The standard InChI is InChI=1S/C19H27NO2SSi/c1-19(2,3)23(21,22)20-18(16-12-8-6-9-13-16)24(4,5)17-14-10-7-11-15-17/h6-15,18,20H,1-5H3. The topological polar surface area (TPSA) is 46.2 Å². The molecule has 1 N–H and O–H groups in total. The lowest BCUT2D eigenvalue weighted by molar-refractivity contribution is 0.541. The maximum atomic E-state index is 12.8. The monoisotopic (exact) mass is 361 g/mol. The SMILES string of the molecule is CC(C)(C)S(=O)(=O)NC(c1ccccc1)[Si](C)(C)c1ccccc1. The minimum Gasteiger partial charge on any atom is -0.212 e. The van der Waals surface area contributed by atoms with E-state index in [4.69, 9.17) is 0 Å². The summed E-state index contributed by atoms with van der Waals surface area (Å²) in [5, 5.41) is 1.23. The van der Waals surface area contributed by atoms with Crippen LogP contribution in [0.2, 0.25) is 13.1 Å². The van der Waals surface area contributed by atoms with Crippen LogP contribution in [0, 0.1) is 0 Å². The average molecular weight is 362 g/mol. The number of hydrogen-bond donors (Lipinski definition) is 1. The summed E-state index contributed by atoms with van der Waals surface area (Å²) in [7, 11) is -5.58. The van der Waals surface area contributed by atoms with Gasteiger partial charge in [0.25, 0.3) is 0 Å². The van der Waals surface area contributed by atoms with E-state index in [1.165, 1.54) is 5.19 Å². The molecule has 3 nitrogen and oxygen atoms in total. The van der Waals surface area contributed by atoms with Crippen molar-refractivity contribution in [1.82, 2.24) is 4.72 Å². The molecule has 0 amide bonds. The van der Waals surface area contributed by atoms with Gasteiger partial charge in [0.15, 0.2) is 0 Å². The molecule has 0 aliphatic carbocycles. The van der Waals surface area contributed by atoms with Crippen molar-refractivity contribution < 1.29 is 8.42 Å². The van der Waals surface area contributed by atoms with Gasteiger partial charge >= 0.3 is 0 Å². The summed E-state index contributed by atoms with van der Waals surface area (Å²) in [5.74, 6) is 0. The first-order chi connectivity index (χ1) is 11.1. The molecule has 2 aromatic carbocycles. The zero-order chi connectivity index (χ0) is 18.0. The summed E-state index contributed by atoms with van der Waals surface area (Å²) >= 11 is 0. The highest BCUT2D eigenvalue weighted by atomic mass is 32.2. The zero-order valence-corrected chi connectivity index (χ0v) is 16.9. The van der Waals surface area contributed by atoms with Gasteiger partial charge in [-0.15, -0.1) is 0 Å². The van der Waals surface area contributed by atoms with Gasteiger partial charge < -0.3 is 0 Å². The van der Waals surface area contributed by atoms with E-state index >= 15 is 0 Å². The Morgan fingerprint density at radius 2 is 1.33 bits per heavy atom. The van der Waals surface area contributed by atoms with Crippen LogP contribution in [-0.4, -0.2) is 21.2 Å². The van der Waals surface area contributed by atoms with E-state index in [1.807, 2.05) is 48.5 Å². The van der Waals surface area contributed by atoms with Crippen molar-refractivity contribution >= 4 is 23.3 Å². The predicted molar refractivity (Wildman–Crippen MR) is 105 cm³/mol. The Kier molecular flexibility index (Phi) is 5.37. The molecule has 24 heavy (non-hydrogen) atoms. The molecular formula is C19H27NO2SSi. The van der Waals surface area contributed by atoms with Crippen LogP contribution in [0.25, 0.3) is 0 Å². The van der Waals surface area contributed by atoms with Gasteiger partial charge in [-0.1, -0.05) is 78.9 Å². The highest BCUT2D eigenvalue weighted by Gasteiger charge is 2.40. The third-order valence-corrected chi connectivity index (χ3v) is 10.6. The van der Waals surface area contributed by atoms with Crippen molar-refractivity contribution in [3.8, 4) is 0 Å². The van der Waals surface area contributed by atoms with Crippen LogP contribution in [0.5, 0.6) is 0 Å². The summed E-state index contributed by atoms with van der Waals surface area (Å²) in [4.78, 5) is 0. The van der Waals surface area contributed by atoms with Crippen LogP contribution in [0.3, 0.4) is 0 Å². The van der Waals surface area contributed by atoms with E-state index < -0.39 is 22.8 Å². The molecule has 0 aliphatic rings. The molecule has 0 aliphatic heterocycles. The first-order valence-electron chi connectivity index (χ1n) is 8.18. The summed E-state index contributed by atoms with van der Waals surface area (Å²) in [6.45, 7) is 9.62. The van der Waals surface area contributed by atoms with Gasteiger partial charge in [-0.3, -0.25) is 0 Å². The van der Waals surface area contributed by atoms with Gasteiger partial charge in [-0.05, 0) is 26.3 Å². The lowest BCUT2D eigenvalue weighted by atomic mass is 10.2. The first kappa shape index (κ1) is 18.9. The summed E-state index contributed by atoms with van der Waals surface area (Å²) in [6.07, 6.45) is 0. The number of hydrogen-bond acceptors (Lipinski definition) is 2. The van der Waals surface area contributed by atoms with Crippen molar-refractivity contribution in [3.63, 3.8) is 0 Å². The Morgan fingerprint density at radius 3 is 1.79 bits per heavy atom. The van der Waals surface area contributed by atoms with Crippen LogP contribution in [-0.2, 0) is 10.0 Å². The van der Waals surface area contributed by atoms with Gasteiger partial charge in [-0.2, -0.15) is 0 Å². The molecule has 1 unspecified atom stereocenters. The minimum atomic E-state index is -3.45. The van der Waals surface area contributed by atoms with Gasteiger partial charge in [-0.25, -0.2) is 13.1 Å². The van der Waals surface area contributed by atoms with Crippen molar-refractivity contribution in [3.05, 3.63) is 66.2 Å². The van der Waals surface area contributed by atoms with E-state index in [0.29, 0.717) is 0 Å². The van der Waals surface area contributed by atoms with Gasteiger partial charge in [0.05, 0.1) is 4.75 Å². The van der Waals surface area contributed by atoms with Crippen LogP contribution < -0.4 is 9.91 Å². The van der Waals surface area contributed by atoms with Crippen molar-refractivity contribution in [2.24, 2.45) is 0 Å². The molecule has 0 saturated heterocycles. The van der Waals surface area contributed by atoms with Crippen molar-refractivity contribution in [2.45, 2.75) is 44.3 Å². The highest BCUT2D eigenvalue weighted by Crippen LogP contribution is 2.28. The highest BCUT2D eigenvalue weighted by molar-refractivity contribution is 7.90. The molecule has 2 rings (SSSR count). The third-order valence-electron chi connectivity index (χ3n) is 4.45. The van der Waals surface area contributed by atoms with E-state index in [9.17, 15) is 8.42 Å². The lowest BCUT2D eigenvalue weighted by Crippen LogP contribution is -2.56. The minimum absolute atomic E-state index is 0.217. The Labute approximate surface area is 147 Å². The van der Waals surface area contributed by atoms with Crippen LogP contribution in [0.1, 0.15) is 32.0 Å². The van der Waals surface area contributed by atoms with Crippen molar-refractivity contribution in [1.29, 1.82) is 0 Å². The Balaban J connectivity index is 2.53. The molecule has 1 atom stereocenters. The molecule has 130 valence electrons. The molecule has 0 heterocycles. The largest absolute Gasteiger partial charge is 0.216 e. The van der Waals surface area contributed by atoms with Gasteiger partial charge in [0.1, 0.15) is 8.07 Å². The number of benzene rings is 2. The molecule has 0 bridgehead atoms. The quantitative estimate of drug-likeness (QED) is 0.827. The average Bonchev–Trinajstić information content (AvgIpc) is 2.53. The van der Waals surface area contributed by atoms with Gasteiger partial charge in [0, 0.05) is 5.67 Å². The fraction of sp³-hybridized carbons (Fsp3) is 0.368. The van der Waals surface area contributed by atoms with E-state index in [1.54, 1.807) is 20.8 Å². The summed E-state index contributed by atoms with van der Waals surface area (Å²) in [6, 6.07) is 20.1. The third kappa shape index (κ3) is 3.96. The number of rotatable bonds is 5. The molecule has 5 heteroatoms. The summed E-state index contributed by atoms with van der Waals surface area (Å²) < 4.78 is 27.8. The number of nitrogens with one attached hydrogen (secondary N) is 1. The molecule has 0 saturated carbocycles. The van der Waals surface area contributed by atoms with E-state index in [-0.39, 0.29) is 5.67 Å². The Morgan fingerprint density at radius 1 is 0.875 bits per heavy atom. The fourth-order valence-electron chi connectivity index (χ4n) is 2.64. The molecule has 0 spiro atoms. The molecule has 2 aromatic rings. The van der Waals surface area contributed by atoms with Crippen LogP contribution in [0.15, 0.2) is 60.7 Å². The van der Waals surface area contributed by atoms with Gasteiger partial charge in [0.2, 0.25) is 10.0 Å². The summed E-state index contributed by atoms with van der Waals surface area (Å²) in [5.41, 5.74) is 0.802. The fourth-order valence-corrected chi connectivity index (χ4v) is 7.50. The second-order valence-electron chi connectivity index (χ2n) is 7.67. The molecule has 0 aromatic heterocycles. The second kappa shape index (κ2) is 6.82. The molecule has 0 radical (unpaired) electrons. The van der Waals surface area contributed by atoms with Crippen LogP contribution in [0.4, 0.5) is 0 Å². The number of sulfonamides is 1.